The van der Waals surface area contributed by atoms with E-state index in [2.05, 4.69) is 10.2 Å². The molecule has 0 aliphatic heterocycles. The average Bonchev–Trinajstić information content (AvgIpc) is 3.03. The van der Waals surface area contributed by atoms with Crippen molar-refractivity contribution < 1.29 is 18.3 Å². The van der Waals surface area contributed by atoms with Crippen LogP contribution in [0, 0.1) is 5.82 Å². The lowest BCUT2D eigenvalue weighted by atomic mass is 10.2. The fourth-order valence-corrected chi connectivity index (χ4v) is 1.84. The molecule has 2 aromatic carbocycles. The highest BCUT2D eigenvalue weighted by Gasteiger charge is 2.09. The van der Waals surface area contributed by atoms with Crippen molar-refractivity contribution in [2.75, 3.05) is 7.11 Å². The van der Waals surface area contributed by atoms with Crippen LogP contribution in [0.3, 0.4) is 0 Å². The highest BCUT2D eigenvalue weighted by Crippen LogP contribution is 2.20. The van der Waals surface area contributed by atoms with Crippen LogP contribution in [-0.4, -0.2) is 17.3 Å². The Morgan fingerprint density at radius 2 is 1.64 bits per heavy atom. The number of rotatable bonds is 5. The van der Waals surface area contributed by atoms with Crippen LogP contribution >= 0.6 is 0 Å². The fourth-order valence-electron chi connectivity index (χ4n) is 1.84. The molecule has 3 aromatic rings. The zero-order chi connectivity index (χ0) is 15.4. The highest BCUT2D eigenvalue weighted by atomic mass is 19.1. The van der Waals surface area contributed by atoms with Gasteiger partial charge < -0.3 is 13.9 Å². The van der Waals surface area contributed by atoms with Crippen molar-refractivity contribution in [1.29, 1.82) is 0 Å². The summed E-state index contributed by atoms with van der Waals surface area (Å²) in [5, 5.41) is 7.82. The maximum absolute atomic E-state index is 12.9. The van der Waals surface area contributed by atoms with Crippen molar-refractivity contribution in [3.8, 4) is 23.0 Å². The number of halogens is 1. The minimum absolute atomic E-state index is 0.153. The van der Waals surface area contributed by atoms with Crippen molar-refractivity contribution >= 4 is 0 Å². The third-order valence-electron chi connectivity index (χ3n) is 2.98. The third-order valence-corrected chi connectivity index (χ3v) is 2.98. The zero-order valence-electron chi connectivity index (χ0n) is 11.8. The van der Waals surface area contributed by atoms with E-state index >= 15 is 0 Å². The van der Waals surface area contributed by atoms with Gasteiger partial charge in [0.25, 0.3) is 5.89 Å². The monoisotopic (exact) mass is 300 g/mol. The Hall–Kier alpha value is -2.89. The Balaban J connectivity index is 1.65. The van der Waals surface area contributed by atoms with Gasteiger partial charge in [0.1, 0.15) is 17.3 Å². The second kappa shape index (κ2) is 6.26. The van der Waals surface area contributed by atoms with Crippen LogP contribution in [0.15, 0.2) is 52.9 Å². The van der Waals surface area contributed by atoms with Gasteiger partial charge in [-0.15, -0.1) is 10.2 Å². The molecule has 1 aromatic heterocycles. The number of ether oxygens (including phenoxy) is 2. The lowest BCUT2D eigenvalue weighted by Gasteiger charge is -2.04. The molecule has 0 bridgehead atoms. The Labute approximate surface area is 126 Å². The number of hydrogen-bond donors (Lipinski definition) is 0. The maximum Gasteiger partial charge on any atom is 0.254 e. The molecule has 112 valence electrons. The van der Waals surface area contributed by atoms with Crippen LogP contribution in [0.4, 0.5) is 4.39 Å². The summed E-state index contributed by atoms with van der Waals surface area (Å²) in [4.78, 5) is 0. The molecule has 0 atom stereocenters. The number of hydrogen-bond acceptors (Lipinski definition) is 5. The normalized spacial score (nSPS) is 10.5. The van der Waals surface area contributed by atoms with Gasteiger partial charge in [-0.25, -0.2) is 4.39 Å². The molecule has 0 fully saturated rings. The SMILES string of the molecule is COc1ccc(OCc2nnc(-c3ccc(F)cc3)o2)cc1. The lowest BCUT2D eigenvalue weighted by Crippen LogP contribution is -1.95. The van der Waals surface area contributed by atoms with Crippen molar-refractivity contribution in [3.63, 3.8) is 0 Å². The molecule has 0 amide bonds. The first kappa shape index (κ1) is 14.1. The Morgan fingerprint density at radius 1 is 0.955 bits per heavy atom. The summed E-state index contributed by atoms with van der Waals surface area (Å²) in [5.41, 5.74) is 0.657. The molecule has 0 spiro atoms. The maximum atomic E-state index is 12.9. The first-order valence-electron chi connectivity index (χ1n) is 6.60. The highest BCUT2D eigenvalue weighted by molar-refractivity contribution is 5.51. The van der Waals surface area contributed by atoms with E-state index in [1.54, 1.807) is 43.5 Å². The van der Waals surface area contributed by atoms with Gasteiger partial charge in [-0.3, -0.25) is 0 Å². The van der Waals surface area contributed by atoms with E-state index in [9.17, 15) is 4.39 Å². The number of methoxy groups -OCH3 is 1. The van der Waals surface area contributed by atoms with Crippen LogP contribution in [-0.2, 0) is 6.61 Å². The standard InChI is InChI=1S/C16H13FN2O3/c1-20-13-6-8-14(9-7-13)21-10-15-18-19-16(22-15)11-2-4-12(17)5-3-11/h2-9H,10H2,1H3. The predicted molar refractivity (Wildman–Crippen MR) is 77.0 cm³/mol. The van der Waals surface area contributed by atoms with Crippen molar-refractivity contribution in [2.24, 2.45) is 0 Å². The second-order valence-electron chi connectivity index (χ2n) is 4.47. The molecular weight excluding hydrogens is 287 g/mol. The van der Waals surface area contributed by atoms with E-state index in [4.69, 9.17) is 13.9 Å². The summed E-state index contributed by atoms with van der Waals surface area (Å²) in [6.07, 6.45) is 0. The smallest absolute Gasteiger partial charge is 0.254 e. The molecule has 5 nitrogen and oxygen atoms in total. The molecule has 3 rings (SSSR count). The summed E-state index contributed by atoms with van der Waals surface area (Å²) in [5.74, 6) is 1.78. The molecule has 0 N–H and O–H groups in total. The van der Waals surface area contributed by atoms with Crippen LogP contribution < -0.4 is 9.47 Å². The molecule has 0 saturated heterocycles. The van der Waals surface area contributed by atoms with Gasteiger partial charge in [0.2, 0.25) is 5.89 Å². The van der Waals surface area contributed by atoms with Gasteiger partial charge in [-0.05, 0) is 48.5 Å². The van der Waals surface area contributed by atoms with E-state index in [1.807, 2.05) is 0 Å². The average molecular weight is 300 g/mol. The van der Waals surface area contributed by atoms with E-state index in [-0.39, 0.29) is 12.4 Å². The van der Waals surface area contributed by atoms with Gasteiger partial charge in [0.05, 0.1) is 7.11 Å². The molecule has 6 heteroatoms. The van der Waals surface area contributed by atoms with Crippen molar-refractivity contribution in [1.82, 2.24) is 10.2 Å². The minimum Gasteiger partial charge on any atom is -0.497 e. The van der Waals surface area contributed by atoms with Gasteiger partial charge in [0, 0.05) is 5.56 Å². The number of aromatic nitrogens is 2. The lowest BCUT2D eigenvalue weighted by molar-refractivity contribution is 0.264. The van der Waals surface area contributed by atoms with E-state index < -0.39 is 0 Å². The first-order chi connectivity index (χ1) is 10.7. The van der Waals surface area contributed by atoms with Gasteiger partial charge in [-0.1, -0.05) is 0 Å². The van der Waals surface area contributed by atoms with E-state index in [0.717, 1.165) is 5.75 Å². The third kappa shape index (κ3) is 3.22. The molecular formula is C16H13FN2O3. The van der Waals surface area contributed by atoms with Gasteiger partial charge >= 0.3 is 0 Å². The Bertz CT molecular complexity index is 739. The van der Waals surface area contributed by atoms with Crippen LogP contribution in [0.25, 0.3) is 11.5 Å². The Kier molecular flexibility index (Phi) is 4.00. The zero-order valence-corrected chi connectivity index (χ0v) is 11.8. The molecule has 0 saturated carbocycles. The Morgan fingerprint density at radius 3 is 2.32 bits per heavy atom. The van der Waals surface area contributed by atoms with Crippen molar-refractivity contribution in [2.45, 2.75) is 6.61 Å². The molecule has 0 aliphatic carbocycles. The summed E-state index contributed by atoms with van der Waals surface area (Å²) in [7, 11) is 1.60. The minimum atomic E-state index is -0.314. The van der Waals surface area contributed by atoms with E-state index in [0.29, 0.717) is 23.1 Å². The summed E-state index contributed by atoms with van der Waals surface area (Å²) in [6, 6.07) is 13.0. The van der Waals surface area contributed by atoms with E-state index in [1.165, 1.54) is 12.1 Å². The fraction of sp³-hybridized carbons (Fsp3) is 0.125. The van der Waals surface area contributed by atoms with Crippen LogP contribution in [0.2, 0.25) is 0 Å². The summed E-state index contributed by atoms with van der Waals surface area (Å²) in [6.45, 7) is 0.153. The second-order valence-corrected chi connectivity index (χ2v) is 4.47. The van der Waals surface area contributed by atoms with Crippen LogP contribution in [0.1, 0.15) is 5.89 Å². The van der Waals surface area contributed by atoms with Crippen molar-refractivity contribution in [3.05, 3.63) is 60.2 Å². The van der Waals surface area contributed by atoms with Gasteiger partial charge in [-0.2, -0.15) is 0 Å². The largest absolute Gasteiger partial charge is 0.497 e. The molecule has 0 radical (unpaired) electrons. The summed E-state index contributed by atoms with van der Waals surface area (Å²) < 4.78 is 29.0. The first-order valence-corrected chi connectivity index (χ1v) is 6.60. The number of nitrogens with zero attached hydrogens (tertiary/aromatic N) is 2. The molecule has 0 aliphatic rings. The van der Waals surface area contributed by atoms with Gasteiger partial charge in [0.15, 0.2) is 6.61 Å². The molecule has 0 unspecified atom stereocenters. The topological polar surface area (TPSA) is 57.4 Å². The number of benzene rings is 2. The van der Waals surface area contributed by atoms with Crippen LogP contribution in [0.5, 0.6) is 11.5 Å². The summed E-state index contributed by atoms with van der Waals surface area (Å²) >= 11 is 0. The quantitative estimate of drug-likeness (QED) is 0.722. The molecule has 22 heavy (non-hydrogen) atoms. The molecule has 1 heterocycles. The predicted octanol–water partition coefficient (Wildman–Crippen LogP) is 3.46.